The van der Waals surface area contributed by atoms with E-state index < -0.39 is 0 Å². The van der Waals surface area contributed by atoms with Gasteiger partial charge in [-0.3, -0.25) is 0 Å². The molecule has 1 aromatic carbocycles. The Morgan fingerprint density at radius 2 is 1.88 bits per heavy atom. The van der Waals surface area contributed by atoms with Crippen LogP contribution in [0.4, 0.5) is 0 Å². The predicted octanol–water partition coefficient (Wildman–Crippen LogP) is 5.28. The smallest absolute Gasteiger partial charge is 0.0567 e. The van der Waals surface area contributed by atoms with Crippen molar-refractivity contribution >= 4 is 31.9 Å². The van der Waals surface area contributed by atoms with E-state index in [2.05, 4.69) is 68.3 Å². The van der Waals surface area contributed by atoms with Crippen LogP contribution >= 0.6 is 31.9 Å². The van der Waals surface area contributed by atoms with Gasteiger partial charge in [0.2, 0.25) is 0 Å². The highest BCUT2D eigenvalue weighted by Crippen LogP contribution is 2.39. The van der Waals surface area contributed by atoms with E-state index >= 15 is 0 Å². The van der Waals surface area contributed by atoms with Crippen molar-refractivity contribution in [1.82, 2.24) is 0 Å². The van der Waals surface area contributed by atoms with Crippen LogP contribution in [0, 0.1) is 11.8 Å². The molecule has 0 atom stereocenters. The van der Waals surface area contributed by atoms with E-state index in [0.29, 0.717) is 0 Å². The van der Waals surface area contributed by atoms with E-state index in [1.807, 2.05) is 0 Å². The molecular weight excluding hydrogens is 328 g/mol. The maximum Gasteiger partial charge on any atom is 0.0567 e. The van der Waals surface area contributed by atoms with Gasteiger partial charge in [0.15, 0.2) is 0 Å². The van der Waals surface area contributed by atoms with Crippen LogP contribution < -0.4 is 0 Å². The van der Waals surface area contributed by atoms with Crippen molar-refractivity contribution in [3.05, 3.63) is 45.4 Å². The number of benzene rings is 1. The van der Waals surface area contributed by atoms with Crippen molar-refractivity contribution in [2.75, 3.05) is 0 Å². The molecule has 0 aliphatic heterocycles. The van der Waals surface area contributed by atoms with Crippen molar-refractivity contribution in [3.63, 3.8) is 0 Å². The van der Waals surface area contributed by atoms with E-state index in [1.165, 1.54) is 31.2 Å². The summed E-state index contributed by atoms with van der Waals surface area (Å²) in [6.07, 6.45) is 7.56. The summed E-state index contributed by atoms with van der Waals surface area (Å²) in [5.41, 5.74) is 1.48. The average molecular weight is 344 g/mol. The van der Waals surface area contributed by atoms with Crippen molar-refractivity contribution in [2.24, 2.45) is 11.8 Å². The third-order valence-electron chi connectivity index (χ3n) is 3.32. The Hall–Kier alpha value is -0.0800. The minimum Gasteiger partial charge on any atom is -0.0622 e. The molecule has 0 unspecified atom stereocenters. The van der Waals surface area contributed by atoms with Crippen LogP contribution in [-0.4, -0.2) is 0 Å². The number of hydrogen-bond acceptors (Lipinski definition) is 0. The minimum atomic E-state index is 0.787. The second-order valence-corrected chi connectivity index (χ2v) is 7.35. The molecule has 2 heteroatoms. The number of allylic oxidation sites excluding steroid dienone is 1. The van der Waals surface area contributed by atoms with Crippen LogP contribution in [0.2, 0.25) is 0 Å². The fourth-order valence-electron chi connectivity index (χ4n) is 2.35. The van der Waals surface area contributed by atoms with Gasteiger partial charge in [0.1, 0.15) is 0 Å². The summed E-state index contributed by atoms with van der Waals surface area (Å²) < 4.78 is 1.10. The summed E-state index contributed by atoms with van der Waals surface area (Å²) >= 11 is 6.85. The molecule has 0 heterocycles. The zero-order chi connectivity index (χ0) is 11.4. The van der Waals surface area contributed by atoms with Crippen LogP contribution in [0.3, 0.4) is 0 Å². The summed E-state index contributed by atoms with van der Waals surface area (Å²) in [5.74, 6) is 1.72. The molecule has 2 rings (SSSR count). The minimum absolute atomic E-state index is 0.787. The normalized spacial score (nSPS) is 23.6. The quantitative estimate of drug-likeness (QED) is 0.698. The largest absolute Gasteiger partial charge is 0.0622 e. The Kier molecular flexibility index (Phi) is 4.66. The molecule has 0 saturated heterocycles. The Morgan fingerprint density at radius 3 is 2.50 bits per heavy atom. The zero-order valence-corrected chi connectivity index (χ0v) is 12.4. The van der Waals surface area contributed by atoms with Crippen LogP contribution in [-0.2, 0) is 6.42 Å². The first kappa shape index (κ1) is 12.4. The van der Waals surface area contributed by atoms with Crippen molar-refractivity contribution in [1.29, 1.82) is 0 Å². The van der Waals surface area contributed by atoms with Crippen LogP contribution in [0.15, 0.2) is 39.8 Å². The number of hydrogen-bond donors (Lipinski definition) is 0. The average Bonchev–Trinajstić information content (AvgIpc) is 2.22. The first-order valence-corrected chi connectivity index (χ1v) is 7.39. The third-order valence-corrected chi connectivity index (χ3v) is 3.85. The molecule has 0 bridgehead atoms. The molecule has 0 spiro atoms. The van der Waals surface area contributed by atoms with Gasteiger partial charge in [-0.25, -0.2) is 0 Å². The highest BCUT2D eigenvalue weighted by atomic mass is 79.9. The lowest BCUT2D eigenvalue weighted by atomic mass is 9.72. The van der Waals surface area contributed by atoms with Gasteiger partial charge in [-0.1, -0.05) is 36.4 Å². The molecule has 86 valence electrons. The second-order valence-electron chi connectivity index (χ2n) is 4.58. The Balaban J connectivity index is 1.69. The highest BCUT2D eigenvalue weighted by molar-refractivity contribution is 9.28. The van der Waals surface area contributed by atoms with Crippen molar-refractivity contribution in [2.45, 2.75) is 25.7 Å². The predicted molar refractivity (Wildman–Crippen MR) is 76.9 cm³/mol. The summed E-state index contributed by atoms with van der Waals surface area (Å²) in [7, 11) is 0. The molecule has 1 aromatic rings. The Labute approximate surface area is 114 Å². The van der Waals surface area contributed by atoms with Crippen LogP contribution in [0.5, 0.6) is 0 Å². The van der Waals surface area contributed by atoms with Gasteiger partial charge in [0.05, 0.1) is 3.39 Å². The molecule has 0 aromatic heterocycles. The lowest BCUT2D eigenvalue weighted by Crippen LogP contribution is -2.22. The van der Waals surface area contributed by atoms with Crippen molar-refractivity contribution in [3.8, 4) is 0 Å². The van der Waals surface area contributed by atoms with Crippen molar-refractivity contribution < 1.29 is 0 Å². The fraction of sp³-hybridized carbons (Fsp3) is 0.429. The molecule has 1 aliphatic rings. The summed E-state index contributed by atoms with van der Waals surface area (Å²) in [5, 5.41) is 0. The summed E-state index contributed by atoms with van der Waals surface area (Å²) in [6.45, 7) is 0. The van der Waals surface area contributed by atoms with Crippen LogP contribution in [0.25, 0.3) is 0 Å². The SMILES string of the molecule is BrC(Br)=CC1CC(CCc2ccccc2)C1. The molecule has 0 N–H and O–H groups in total. The fourth-order valence-corrected chi connectivity index (χ4v) is 3.10. The van der Waals surface area contributed by atoms with E-state index in [-0.39, 0.29) is 0 Å². The third kappa shape index (κ3) is 3.74. The Bertz CT molecular complexity index is 346. The maximum atomic E-state index is 3.42. The molecule has 0 amide bonds. The summed E-state index contributed by atoms with van der Waals surface area (Å²) in [6, 6.07) is 10.8. The monoisotopic (exact) mass is 342 g/mol. The number of rotatable bonds is 4. The molecule has 0 nitrogen and oxygen atoms in total. The molecule has 16 heavy (non-hydrogen) atoms. The second kappa shape index (κ2) is 6.02. The van der Waals surface area contributed by atoms with Gasteiger partial charge in [0.25, 0.3) is 0 Å². The number of halogens is 2. The van der Waals surface area contributed by atoms with Gasteiger partial charge in [0, 0.05) is 0 Å². The van der Waals surface area contributed by atoms with E-state index in [1.54, 1.807) is 0 Å². The lowest BCUT2D eigenvalue weighted by Gasteiger charge is -2.33. The van der Waals surface area contributed by atoms with E-state index in [4.69, 9.17) is 0 Å². The van der Waals surface area contributed by atoms with E-state index in [9.17, 15) is 0 Å². The first-order chi connectivity index (χ1) is 7.74. The summed E-state index contributed by atoms with van der Waals surface area (Å²) in [4.78, 5) is 0. The van der Waals surface area contributed by atoms with Crippen LogP contribution in [0.1, 0.15) is 24.8 Å². The molecule has 1 aliphatic carbocycles. The van der Waals surface area contributed by atoms with Gasteiger partial charge in [-0.05, 0) is 74.9 Å². The first-order valence-electron chi connectivity index (χ1n) is 5.81. The van der Waals surface area contributed by atoms with Gasteiger partial charge >= 0.3 is 0 Å². The van der Waals surface area contributed by atoms with Gasteiger partial charge in [-0.2, -0.15) is 0 Å². The van der Waals surface area contributed by atoms with Gasteiger partial charge in [-0.15, -0.1) is 0 Å². The van der Waals surface area contributed by atoms with Gasteiger partial charge < -0.3 is 0 Å². The Morgan fingerprint density at radius 1 is 1.19 bits per heavy atom. The highest BCUT2D eigenvalue weighted by Gasteiger charge is 2.26. The molecule has 1 fully saturated rings. The van der Waals surface area contributed by atoms with E-state index in [0.717, 1.165) is 15.2 Å². The molecular formula is C14H16Br2. The maximum absolute atomic E-state index is 3.42. The lowest BCUT2D eigenvalue weighted by molar-refractivity contribution is 0.225. The molecule has 0 radical (unpaired) electrons. The zero-order valence-electron chi connectivity index (χ0n) is 9.20. The number of aryl methyl sites for hydroxylation is 1. The standard InChI is InChI=1S/C14H16Br2/c15-14(16)10-13-8-12(9-13)7-6-11-4-2-1-3-5-11/h1-5,10,12-13H,6-9H2. The topological polar surface area (TPSA) is 0 Å². The molecule has 1 saturated carbocycles.